The van der Waals surface area contributed by atoms with Crippen LogP contribution in [0.25, 0.3) is 0 Å². The molecule has 1 heterocycles. The second-order valence-electron chi connectivity index (χ2n) is 5.42. The molecule has 1 unspecified atom stereocenters. The van der Waals surface area contributed by atoms with Gasteiger partial charge in [-0.1, -0.05) is 13.3 Å². The van der Waals surface area contributed by atoms with E-state index in [9.17, 15) is 4.79 Å². The van der Waals surface area contributed by atoms with Crippen molar-refractivity contribution in [3.05, 3.63) is 18.2 Å². The second-order valence-corrected chi connectivity index (χ2v) is 5.42. The lowest BCUT2D eigenvalue weighted by molar-refractivity contribution is -0.135. The van der Waals surface area contributed by atoms with Crippen LogP contribution in [0, 0.1) is 6.92 Å². The molecule has 5 nitrogen and oxygen atoms in total. The highest BCUT2D eigenvalue weighted by atomic mass is 16.2. The number of carbonyl (C=O) groups is 1. The standard InChI is InChI=1S/C14H26N4O/c1-5-7-14(3,15)13(19)17(4)9-6-10-18-11-8-16-12(18)2/h8,11H,5-7,9-10,15H2,1-4H3. The zero-order valence-corrected chi connectivity index (χ0v) is 12.5. The van der Waals surface area contributed by atoms with Gasteiger partial charge in [-0.25, -0.2) is 4.98 Å². The van der Waals surface area contributed by atoms with Crippen LogP contribution in [0.2, 0.25) is 0 Å². The zero-order chi connectivity index (χ0) is 14.5. The maximum Gasteiger partial charge on any atom is 0.242 e. The topological polar surface area (TPSA) is 64.2 Å². The lowest BCUT2D eigenvalue weighted by Crippen LogP contribution is -2.52. The Hall–Kier alpha value is -1.36. The minimum Gasteiger partial charge on any atom is -0.344 e. The number of aromatic nitrogens is 2. The van der Waals surface area contributed by atoms with Crippen LogP contribution in [-0.2, 0) is 11.3 Å². The first-order chi connectivity index (χ1) is 8.88. The Kier molecular flexibility index (Phi) is 5.54. The van der Waals surface area contributed by atoms with Crippen molar-refractivity contribution in [1.82, 2.24) is 14.5 Å². The van der Waals surface area contributed by atoms with E-state index in [2.05, 4.69) is 9.55 Å². The van der Waals surface area contributed by atoms with Gasteiger partial charge in [-0.3, -0.25) is 4.79 Å². The third-order valence-corrected chi connectivity index (χ3v) is 3.42. The Bertz CT molecular complexity index is 411. The van der Waals surface area contributed by atoms with E-state index in [1.807, 2.05) is 34.0 Å². The Labute approximate surface area is 115 Å². The maximum atomic E-state index is 12.2. The molecule has 5 heteroatoms. The van der Waals surface area contributed by atoms with E-state index >= 15 is 0 Å². The molecule has 0 aliphatic heterocycles. The van der Waals surface area contributed by atoms with Crippen LogP contribution < -0.4 is 5.73 Å². The van der Waals surface area contributed by atoms with E-state index in [4.69, 9.17) is 5.73 Å². The van der Waals surface area contributed by atoms with E-state index in [1.54, 1.807) is 11.1 Å². The number of hydrogen-bond acceptors (Lipinski definition) is 3. The van der Waals surface area contributed by atoms with Crippen molar-refractivity contribution in [2.24, 2.45) is 5.73 Å². The summed E-state index contributed by atoms with van der Waals surface area (Å²) >= 11 is 0. The molecule has 19 heavy (non-hydrogen) atoms. The van der Waals surface area contributed by atoms with Crippen molar-refractivity contribution in [3.8, 4) is 0 Å². The number of likely N-dealkylation sites (N-methyl/N-ethyl adjacent to an activating group) is 1. The van der Waals surface area contributed by atoms with Crippen molar-refractivity contribution in [2.45, 2.75) is 52.1 Å². The van der Waals surface area contributed by atoms with E-state index < -0.39 is 5.54 Å². The summed E-state index contributed by atoms with van der Waals surface area (Å²) in [5.41, 5.74) is 5.31. The first kappa shape index (κ1) is 15.7. The van der Waals surface area contributed by atoms with Gasteiger partial charge in [-0.2, -0.15) is 0 Å². The number of nitrogens with zero attached hydrogens (tertiary/aromatic N) is 3. The minimum atomic E-state index is -0.742. The van der Waals surface area contributed by atoms with Gasteiger partial charge >= 0.3 is 0 Å². The Morgan fingerprint density at radius 3 is 2.79 bits per heavy atom. The predicted molar refractivity (Wildman–Crippen MR) is 76.7 cm³/mol. The van der Waals surface area contributed by atoms with Gasteiger partial charge in [0, 0.05) is 32.5 Å². The number of amides is 1. The highest BCUT2D eigenvalue weighted by Crippen LogP contribution is 2.12. The summed E-state index contributed by atoms with van der Waals surface area (Å²) in [7, 11) is 1.82. The first-order valence-electron chi connectivity index (χ1n) is 6.90. The summed E-state index contributed by atoms with van der Waals surface area (Å²) in [4.78, 5) is 18.1. The fraction of sp³-hybridized carbons (Fsp3) is 0.714. The van der Waals surface area contributed by atoms with Crippen molar-refractivity contribution in [2.75, 3.05) is 13.6 Å². The van der Waals surface area contributed by atoms with Crippen LogP contribution in [0.4, 0.5) is 0 Å². The van der Waals surface area contributed by atoms with Crippen molar-refractivity contribution in [3.63, 3.8) is 0 Å². The van der Waals surface area contributed by atoms with Crippen LogP contribution in [-0.4, -0.2) is 39.5 Å². The average Bonchev–Trinajstić information content (AvgIpc) is 2.74. The van der Waals surface area contributed by atoms with Gasteiger partial charge in [-0.15, -0.1) is 0 Å². The van der Waals surface area contributed by atoms with Gasteiger partial charge in [0.25, 0.3) is 0 Å². The van der Waals surface area contributed by atoms with Gasteiger partial charge < -0.3 is 15.2 Å². The molecule has 1 rings (SSSR count). The molecule has 0 saturated carbocycles. The largest absolute Gasteiger partial charge is 0.344 e. The quantitative estimate of drug-likeness (QED) is 0.814. The van der Waals surface area contributed by atoms with E-state index in [0.29, 0.717) is 6.54 Å². The number of carbonyl (C=O) groups excluding carboxylic acids is 1. The smallest absolute Gasteiger partial charge is 0.242 e. The highest BCUT2D eigenvalue weighted by molar-refractivity contribution is 5.85. The lowest BCUT2D eigenvalue weighted by Gasteiger charge is -2.29. The van der Waals surface area contributed by atoms with Crippen molar-refractivity contribution >= 4 is 5.91 Å². The third kappa shape index (κ3) is 4.35. The molecule has 108 valence electrons. The fourth-order valence-corrected chi connectivity index (χ4v) is 2.28. The van der Waals surface area contributed by atoms with E-state index in [0.717, 1.165) is 31.6 Å². The first-order valence-corrected chi connectivity index (χ1v) is 6.90. The summed E-state index contributed by atoms with van der Waals surface area (Å²) in [5, 5.41) is 0. The van der Waals surface area contributed by atoms with Crippen LogP contribution in [0.5, 0.6) is 0 Å². The number of nitrogens with two attached hydrogens (primary N) is 1. The predicted octanol–water partition coefficient (Wildman–Crippen LogP) is 1.56. The third-order valence-electron chi connectivity index (χ3n) is 3.42. The number of aryl methyl sites for hydroxylation is 2. The molecule has 0 aromatic carbocycles. The summed E-state index contributed by atoms with van der Waals surface area (Å²) < 4.78 is 2.09. The Morgan fingerprint density at radius 2 is 2.26 bits per heavy atom. The van der Waals surface area contributed by atoms with Crippen LogP contribution in [0.1, 0.15) is 38.9 Å². The van der Waals surface area contributed by atoms with Crippen molar-refractivity contribution in [1.29, 1.82) is 0 Å². The van der Waals surface area contributed by atoms with Crippen LogP contribution in [0.15, 0.2) is 12.4 Å². The molecule has 1 aromatic heterocycles. The minimum absolute atomic E-state index is 0.0247. The zero-order valence-electron chi connectivity index (χ0n) is 12.5. The molecule has 1 aromatic rings. The molecule has 1 amide bonds. The van der Waals surface area contributed by atoms with Gasteiger partial charge in [-0.05, 0) is 26.7 Å². The SMILES string of the molecule is CCCC(C)(N)C(=O)N(C)CCCn1ccnc1C. The van der Waals surface area contributed by atoms with Crippen LogP contribution >= 0.6 is 0 Å². The Balaban J connectivity index is 2.41. The average molecular weight is 266 g/mol. The maximum absolute atomic E-state index is 12.2. The van der Waals surface area contributed by atoms with Gasteiger partial charge in [0.15, 0.2) is 0 Å². The fourth-order valence-electron chi connectivity index (χ4n) is 2.28. The number of imidazole rings is 1. The molecule has 0 radical (unpaired) electrons. The summed E-state index contributed by atoms with van der Waals surface area (Å²) in [6.07, 6.45) is 6.29. The highest BCUT2D eigenvalue weighted by Gasteiger charge is 2.29. The second kappa shape index (κ2) is 6.70. The lowest BCUT2D eigenvalue weighted by atomic mass is 9.96. The molecular formula is C14H26N4O. The molecule has 2 N–H and O–H groups in total. The van der Waals surface area contributed by atoms with E-state index in [-0.39, 0.29) is 5.91 Å². The molecule has 0 spiro atoms. The molecule has 0 bridgehead atoms. The Morgan fingerprint density at radius 1 is 1.58 bits per heavy atom. The molecule has 1 atom stereocenters. The summed E-state index contributed by atoms with van der Waals surface area (Å²) in [5.74, 6) is 1.03. The molecule has 0 aliphatic rings. The van der Waals surface area contributed by atoms with Gasteiger partial charge in [0.1, 0.15) is 5.82 Å². The molecular weight excluding hydrogens is 240 g/mol. The molecule has 0 fully saturated rings. The molecule has 0 saturated heterocycles. The van der Waals surface area contributed by atoms with Gasteiger partial charge in [0.2, 0.25) is 5.91 Å². The normalized spacial score (nSPS) is 14.2. The summed E-state index contributed by atoms with van der Waals surface area (Å²) in [6.45, 7) is 7.42. The number of rotatable bonds is 7. The monoisotopic (exact) mass is 266 g/mol. The molecule has 0 aliphatic carbocycles. The van der Waals surface area contributed by atoms with Gasteiger partial charge in [0.05, 0.1) is 5.54 Å². The van der Waals surface area contributed by atoms with E-state index in [1.165, 1.54) is 0 Å². The summed E-state index contributed by atoms with van der Waals surface area (Å²) in [6, 6.07) is 0. The van der Waals surface area contributed by atoms with Crippen molar-refractivity contribution < 1.29 is 4.79 Å². The number of hydrogen-bond donors (Lipinski definition) is 1. The van der Waals surface area contributed by atoms with Crippen LogP contribution in [0.3, 0.4) is 0 Å².